The molecule has 0 spiro atoms. The van der Waals surface area contributed by atoms with Gasteiger partial charge in [-0.3, -0.25) is 0 Å². The van der Waals surface area contributed by atoms with Crippen LogP contribution in [0.2, 0.25) is 0 Å². The molecule has 5 atom stereocenters. The minimum atomic E-state index is 0.138. The van der Waals surface area contributed by atoms with E-state index in [1.165, 1.54) is 32.1 Å². The molecule has 1 nitrogen and oxygen atoms in total. The van der Waals surface area contributed by atoms with E-state index >= 15 is 0 Å². The third kappa shape index (κ3) is 1.33. The first kappa shape index (κ1) is 11.1. The van der Waals surface area contributed by atoms with Crippen molar-refractivity contribution < 1.29 is 4.74 Å². The summed E-state index contributed by atoms with van der Waals surface area (Å²) in [7, 11) is 0. The van der Waals surface area contributed by atoms with E-state index in [0.717, 1.165) is 17.8 Å². The molecule has 0 aromatic rings. The van der Waals surface area contributed by atoms with Gasteiger partial charge in [0.15, 0.2) is 0 Å². The number of ether oxygens (including phenoxy) is 1. The highest BCUT2D eigenvalue weighted by atomic mass is 16.5. The van der Waals surface area contributed by atoms with Crippen LogP contribution in [0.25, 0.3) is 0 Å². The maximum Gasteiger partial charge on any atom is 0.0662 e. The minimum Gasteiger partial charge on any atom is -0.371 e. The monoisotopic (exact) mass is 222 g/mol. The third-order valence-corrected chi connectivity index (χ3v) is 5.92. The summed E-state index contributed by atoms with van der Waals surface area (Å²) in [4.78, 5) is 0. The van der Waals surface area contributed by atoms with Crippen LogP contribution in [0.1, 0.15) is 59.8 Å². The molecule has 0 bridgehead atoms. The van der Waals surface area contributed by atoms with E-state index < -0.39 is 0 Å². The molecule has 1 saturated heterocycles. The molecule has 0 radical (unpaired) electrons. The van der Waals surface area contributed by atoms with Crippen LogP contribution in [-0.4, -0.2) is 11.7 Å². The Labute approximate surface area is 99.9 Å². The second-order valence-corrected chi connectivity index (χ2v) is 7.38. The molecule has 3 fully saturated rings. The second-order valence-electron chi connectivity index (χ2n) is 7.38. The fourth-order valence-corrected chi connectivity index (χ4v) is 4.99. The molecule has 92 valence electrons. The van der Waals surface area contributed by atoms with Crippen molar-refractivity contribution in [1.29, 1.82) is 0 Å². The summed E-state index contributed by atoms with van der Waals surface area (Å²) in [5.74, 6) is 2.44. The van der Waals surface area contributed by atoms with Crippen LogP contribution in [0.4, 0.5) is 0 Å². The fourth-order valence-electron chi connectivity index (χ4n) is 4.99. The lowest BCUT2D eigenvalue weighted by molar-refractivity contribution is -0.0632. The first-order valence-electron chi connectivity index (χ1n) is 7.12. The Morgan fingerprint density at radius 3 is 2.56 bits per heavy atom. The predicted octanol–water partition coefficient (Wildman–Crippen LogP) is 4.02. The van der Waals surface area contributed by atoms with Crippen molar-refractivity contribution in [2.75, 3.05) is 0 Å². The lowest BCUT2D eigenvalue weighted by Gasteiger charge is -2.33. The molecule has 1 heteroatoms. The van der Waals surface area contributed by atoms with Gasteiger partial charge in [-0.05, 0) is 62.7 Å². The van der Waals surface area contributed by atoms with E-state index in [1.54, 1.807) is 0 Å². The normalized spacial score (nSPS) is 54.8. The number of hydrogen-bond acceptors (Lipinski definition) is 1. The van der Waals surface area contributed by atoms with Crippen molar-refractivity contribution in [3.8, 4) is 0 Å². The predicted molar refractivity (Wildman–Crippen MR) is 66.3 cm³/mol. The van der Waals surface area contributed by atoms with Gasteiger partial charge in [0.1, 0.15) is 0 Å². The quantitative estimate of drug-likeness (QED) is 0.601. The highest BCUT2D eigenvalue weighted by Gasteiger charge is 2.61. The van der Waals surface area contributed by atoms with E-state index in [0.29, 0.717) is 11.5 Å². The van der Waals surface area contributed by atoms with Gasteiger partial charge in [-0.15, -0.1) is 0 Å². The molecule has 1 heterocycles. The third-order valence-electron chi connectivity index (χ3n) is 5.92. The summed E-state index contributed by atoms with van der Waals surface area (Å²) in [6.45, 7) is 9.59. The summed E-state index contributed by atoms with van der Waals surface area (Å²) < 4.78 is 6.44. The summed E-state index contributed by atoms with van der Waals surface area (Å²) >= 11 is 0. The van der Waals surface area contributed by atoms with Gasteiger partial charge in [0.05, 0.1) is 11.7 Å². The van der Waals surface area contributed by atoms with Crippen LogP contribution >= 0.6 is 0 Å². The van der Waals surface area contributed by atoms with Crippen LogP contribution in [0.3, 0.4) is 0 Å². The van der Waals surface area contributed by atoms with Gasteiger partial charge in [-0.2, -0.15) is 0 Å². The summed E-state index contributed by atoms with van der Waals surface area (Å²) in [6.07, 6.45) is 7.63. The molecule has 3 aliphatic rings. The molecule has 1 aliphatic heterocycles. The molecule has 16 heavy (non-hydrogen) atoms. The zero-order valence-corrected chi connectivity index (χ0v) is 11.3. The molecule has 0 aromatic heterocycles. The van der Waals surface area contributed by atoms with Crippen LogP contribution < -0.4 is 0 Å². The number of hydrogen-bond donors (Lipinski definition) is 0. The van der Waals surface area contributed by atoms with Crippen molar-refractivity contribution in [2.45, 2.75) is 71.5 Å². The molecule has 0 unspecified atom stereocenters. The molecule has 0 N–H and O–H groups in total. The Morgan fingerprint density at radius 2 is 1.81 bits per heavy atom. The molecule has 2 aliphatic carbocycles. The highest BCUT2D eigenvalue weighted by molar-refractivity contribution is 5.09. The lowest BCUT2D eigenvalue weighted by Crippen LogP contribution is -2.32. The van der Waals surface area contributed by atoms with Gasteiger partial charge >= 0.3 is 0 Å². The standard InChI is InChI=1S/C15H26O/c1-10-6-5-8-15(4)9-7-11-12(15)13(10)16-14(11,2)3/h10-13H,5-9H2,1-4H3/t10-,11+,12+,13-,15-/m1/s1. The summed E-state index contributed by atoms with van der Waals surface area (Å²) in [6, 6.07) is 0. The van der Waals surface area contributed by atoms with E-state index in [-0.39, 0.29) is 5.60 Å². The SMILES string of the molecule is C[C@@H]1CCC[C@]2(C)CC[C@H]3[C@H]2[C@@H]1OC3(C)C. The Kier molecular flexibility index (Phi) is 2.25. The maximum atomic E-state index is 6.44. The van der Waals surface area contributed by atoms with Crippen LogP contribution in [-0.2, 0) is 4.74 Å². The fraction of sp³-hybridized carbons (Fsp3) is 1.00. The average Bonchev–Trinajstić information content (AvgIpc) is 2.62. The van der Waals surface area contributed by atoms with Crippen molar-refractivity contribution in [1.82, 2.24) is 0 Å². The Hall–Kier alpha value is -0.0400. The van der Waals surface area contributed by atoms with E-state index in [2.05, 4.69) is 27.7 Å². The van der Waals surface area contributed by atoms with Gasteiger partial charge in [0, 0.05) is 0 Å². The minimum absolute atomic E-state index is 0.138. The molecule has 3 rings (SSSR count). The second kappa shape index (κ2) is 3.25. The summed E-state index contributed by atoms with van der Waals surface area (Å²) in [5, 5.41) is 0. The Morgan fingerprint density at radius 1 is 1.06 bits per heavy atom. The zero-order valence-electron chi connectivity index (χ0n) is 11.3. The van der Waals surface area contributed by atoms with Crippen LogP contribution in [0, 0.1) is 23.2 Å². The Bertz CT molecular complexity index is 296. The molecule has 0 amide bonds. The van der Waals surface area contributed by atoms with Gasteiger partial charge in [0.25, 0.3) is 0 Å². The van der Waals surface area contributed by atoms with Crippen LogP contribution in [0.15, 0.2) is 0 Å². The molecular weight excluding hydrogens is 196 g/mol. The van der Waals surface area contributed by atoms with Crippen LogP contribution in [0.5, 0.6) is 0 Å². The average molecular weight is 222 g/mol. The summed E-state index contributed by atoms with van der Waals surface area (Å²) in [5.41, 5.74) is 0.729. The smallest absolute Gasteiger partial charge is 0.0662 e. The van der Waals surface area contributed by atoms with Gasteiger partial charge in [0.2, 0.25) is 0 Å². The topological polar surface area (TPSA) is 9.23 Å². The largest absolute Gasteiger partial charge is 0.371 e. The Balaban J connectivity index is 2.00. The van der Waals surface area contributed by atoms with Crippen molar-refractivity contribution in [3.05, 3.63) is 0 Å². The van der Waals surface area contributed by atoms with Gasteiger partial charge in [-0.1, -0.05) is 20.3 Å². The molecule has 2 saturated carbocycles. The zero-order chi connectivity index (χ0) is 11.6. The maximum absolute atomic E-state index is 6.44. The molecular formula is C15H26O. The van der Waals surface area contributed by atoms with Crippen molar-refractivity contribution >= 4 is 0 Å². The van der Waals surface area contributed by atoms with E-state index in [1.807, 2.05) is 0 Å². The van der Waals surface area contributed by atoms with Crippen molar-refractivity contribution in [3.63, 3.8) is 0 Å². The van der Waals surface area contributed by atoms with Gasteiger partial charge in [-0.25, -0.2) is 0 Å². The van der Waals surface area contributed by atoms with Crippen molar-refractivity contribution in [2.24, 2.45) is 23.2 Å². The first-order valence-corrected chi connectivity index (χ1v) is 7.12. The number of rotatable bonds is 0. The van der Waals surface area contributed by atoms with E-state index in [9.17, 15) is 0 Å². The highest BCUT2D eigenvalue weighted by Crippen LogP contribution is 2.62. The molecule has 0 aromatic carbocycles. The van der Waals surface area contributed by atoms with E-state index in [4.69, 9.17) is 4.74 Å². The lowest BCUT2D eigenvalue weighted by atomic mass is 9.70. The van der Waals surface area contributed by atoms with Gasteiger partial charge < -0.3 is 4.74 Å². The first-order chi connectivity index (χ1) is 7.44.